The lowest BCUT2D eigenvalue weighted by Crippen LogP contribution is -2.02. The number of hydrogen-bond acceptors (Lipinski definition) is 3. The van der Waals surface area contributed by atoms with Crippen LogP contribution in [0.1, 0.15) is 38.2 Å². The molecule has 1 aromatic rings. The van der Waals surface area contributed by atoms with Gasteiger partial charge in [-0.3, -0.25) is 4.18 Å². The van der Waals surface area contributed by atoms with Crippen LogP contribution in [0.5, 0.6) is 0 Å². The minimum atomic E-state index is -3.54. The third kappa shape index (κ3) is 4.48. The van der Waals surface area contributed by atoms with Crippen molar-refractivity contribution in [3.63, 3.8) is 0 Å². The van der Waals surface area contributed by atoms with Gasteiger partial charge < -0.3 is 0 Å². The minimum Gasteiger partial charge on any atom is -0.270 e. The summed E-state index contributed by atoms with van der Waals surface area (Å²) in [6.45, 7) is 2.18. The Morgan fingerprint density at radius 3 is 2.24 bits per heavy atom. The largest absolute Gasteiger partial charge is 0.296 e. The number of rotatable bonds is 7. The second kappa shape index (κ2) is 6.77. The summed E-state index contributed by atoms with van der Waals surface area (Å²) in [6, 6.07) is 6.93. The standard InChI is InChI=1S/C13H20O3S/c1-3-4-5-6-7-12-8-10-13(11-9-12)17(14,15)16-2/h8-11H,3-7H2,1-2H3. The molecule has 0 saturated carbocycles. The van der Waals surface area contributed by atoms with E-state index < -0.39 is 10.1 Å². The summed E-state index contributed by atoms with van der Waals surface area (Å²) in [5.74, 6) is 0. The zero-order valence-electron chi connectivity index (χ0n) is 10.5. The van der Waals surface area contributed by atoms with Crippen molar-refractivity contribution in [2.45, 2.75) is 43.9 Å². The predicted octanol–water partition coefficient (Wildman–Crippen LogP) is 3.14. The van der Waals surface area contributed by atoms with Gasteiger partial charge in [0.25, 0.3) is 10.1 Å². The van der Waals surface area contributed by atoms with Crippen LogP contribution in [0.2, 0.25) is 0 Å². The molecule has 0 heterocycles. The van der Waals surface area contributed by atoms with Gasteiger partial charge in [0.15, 0.2) is 0 Å². The minimum absolute atomic E-state index is 0.220. The van der Waals surface area contributed by atoms with E-state index in [2.05, 4.69) is 11.1 Å². The molecule has 4 heteroatoms. The lowest BCUT2D eigenvalue weighted by atomic mass is 10.1. The Bertz CT molecular complexity index is 420. The van der Waals surface area contributed by atoms with Crippen molar-refractivity contribution in [2.24, 2.45) is 0 Å². The van der Waals surface area contributed by atoms with Crippen LogP contribution < -0.4 is 0 Å². The van der Waals surface area contributed by atoms with E-state index in [9.17, 15) is 8.42 Å². The van der Waals surface area contributed by atoms with E-state index in [1.54, 1.807) is 12.1 Å². The molecule has 0 aliphatic rings. The van der Waals surface area contributed by atoms with Crippen LogP contribution in [0.4, 0.5) is 0 Å². The van der Waals surface area contributed by atoms with Crippen molar-refractivity contribution in [1.82, 2.24) is 0 Å². The van der Waals surface area contributed by atoms with Gasteiger partial charge in [-0.15, -0.1) is 0 Å². The Labute approximate surface area is 104 Å². The molecule has 0 amide bonds. The van der Waals surface area contributed by atoms with Gasteiger partial charge in [-0.2, -0.15) is 8.42 Å². The van der Waals surface area contributed by atoms with Crippen molar-refractivity contribution in [1.29, 1.82) is 0 Å². The van der Waals surface area contributed by atoms with Crippen molar-refractivity contribution in [2.75, 3.05) is 7.11 Å². The van der Waals surface area contributed by atoms with E-state index in [0.29, 0.717) is 0 Å². The van der Waals surface area contributed by atoms with Crippen LogP contribution in [-0.4, -0.2) is 15.5 Å². The van der Waals surface area contributed by atoms with Crippen LogP contribution in [0, 0.1) is 0 Å². The lowest BCUT2D eigenvalue weighted by Gasteiger charge is -2.04. The van der Waals surface area contributed by atoms with Gasteiger partial charge in [0.2, 0.25) is 0 Å². The molecule has 0 aromatic heterocycles. The fourth-order valence-electron chi connectivity index (χ4n) is 1.67. The normalized spacial score (nSPS) is 11.6. The molecule has 1 aromatic carbocycles. The summed E-state index contributed by atoms with van der Waals surface area (Å²) in [7, 11) is -2.37. The molecule has 0 aliphatic carbocycles. The zero-order chi connectivity index (χ0) is 12.7. The summed E-state index contributed by atoms with van der Waals surface area (Å²) < 4.78 is 27.2. The van der Waals surface area contributed by atoms with Gasteiger partial charge >= 0.3 is 0 Å². The highest BCUT2D eigenvalue weighted by atomic mass is 32.2. The van der Waals surface area contributed by atoms with Gasteiger partial charge in [0.1, 0.15) is 0 Å². The van der Waals surface area contributed by atoms with E-state index in [0.717, 1.165) is 12.8 Å². The summed E-state index contributed by atoms with van der Waals surface area (Å²) in [4.78, 5) is 0.220. The van der Waals surface area contributed by atoms with Crippen molar-refractivity contribution in [3.05, 3.63) is 29.8 Å². The summed E-state index contributed by atoms with van der Waals surface area (Å²) in [6.07, 6.45) is 5.88. The van der Waals surface area contributed by atoms with Gasteiger partial charge in [0, 0.05) is 0 Å². The molecule has 0 radical (unpaired) electrons. The lowest BCUT2D eigenvalue weighted by molar-refractivity contribution is 0.398. The average Bonchev–Trinajstić information content (AvgIpc) is 2.35. The third-order valence-electron chi connectivity index (χ3n) is 2.75. The monoisotopic (exact) mass is 256 g/mol. The first-order valence-corrected chi connectivity index (χ1v) is 7.40. The molecule has 0 N–H and O–H groups in total. The second-order valence-corrected chi connectivity index (χ2v) is 5.79. The second-order valence-electron chi connectivity index (χ2n) is 4.08. The summed E-state index contributed by atoms with van der Waals surface area (Å²) in [5, 5.41) is 0. The van der Waals surface area contributed by atoms with Crippen molar-refractivity contribution < 1.29 is 12.6 Å². The first-order valence-electron chi connectivity index (χ1n) is 5.99. The Morgan fingerprint density at radius 2 is 1.71 bits per heavy atom. The molecule has 3 nitrogen and oxygen atoms in total. The summed E-state index contributed by atoms with van der Waals surface area (Å²) >= 11 is 0. The van der Waals surface area contributed by atoms with Crippen LogP contribution in [-0.2, 0) is 20.7 Å². The quantitative estimate of drug-likeness (QED) is 0.556. The van der Waals surface area contributed by atoms with Gasteiger partial charge in [-0.05, 0) is 30.5 Å². The van der Waals surface area contributed by atoms with E-state index >= 15 is 0 Å². The SMILES string of the molecule is CCCCCCc1ccc(S(=O)(=O)OC)cc1. The molecule has 0 aliphatic heterocycles. The van der Waals surface area contributed by atoms with Gasteiger partial charge in [-0.1, -0.05) is 38.3 Å². The molecule has 0 bridgehead atoms. The van der Waals surface area contributed by atoms with Crippen molar-refractivity contribution in [3.8, 4) is 0 Å². The molecular formula is C13H20O3S. The number of hydrogen-bond donors (Lipinski definition) is 0. The topological polar surface area (TPSA) is 43.4 Å². The highest BCUT2D eigenvalue weighted by molar-refractivity contribution is 7.86. The molecule has 0 unspecified atom stereocenters. The smallest absolute Gasteiger partial charge is 0.270 e. The molecule has 0 spiro atoms. The highest BCUT2D eigenvalue weighted by Crippen LogP contribution is 2.14. The predicted molar refractivity (Wildman–Crippen MR) is 68.5 cm³/mol. The molecule has 0 fully saturated rings. The Hall–Kier alpha value is -0.870. The number of unbranched alkanes of at least 4 members (excludes halogenated alkanes) is 3. The fourth-order valence-corrected chi connectivity index (χ4v) is 2.34. The summed E-state index contributed by atoms with van der Waals surface area (Å²) in [5.41, 5.74) is 1.18. The molecule has 0 atom stereocenters. The third-order valence-corrected chi connectivity index (χ3v) is 4.04. The van der Waals surface area contributed by atoms with Crippen LogP contribution in [0.15, 0.2) is 29.2 Å². The van der Waals surface area contributed by atoms with Crippen molar-refractivity contribution >= 4 is 10.1 Å². The molecule has 1 rings (SSSR count). The van der Waals surface area contributed by atoms with Gasteiger partial charge in [-0.25, -0.2) is 0 Å². The van der Waals surface area contributed by atoms with Crippen LogP contribution in [0.25, 0.3) is 0 Å². The number of benzene rings is 1. The number of aryl methyl sites for hydroxylation is 1. The molecule has 17 heavy (non-hydrogen) atoms. The first-order chi connectivity index (χ1) is 8.10. The highest BCUT2D eigenvalue weighted by Gasteiger charge is 2.11. The Morgan fingerprint density at radius 1 is 1.06 bits per heavy atom. The van der Waals surface area contributed by atoms with E-state index in [1.807, 2.05) is 12.1 Å². The van der Waals surface area contributed by atoms with Gasteiger partial charge in [0.05, 0.1) is 12.0 Å². The van der Waals surface area contributed by atoms with E-state index in [1.165, 1.54) is 31.9 Å². The Balaban J connectivity index is 2.57. The molecule has 96 valence electrons. The molecule has 0 saturated heterocycles. The average molecular weight is 256 g/mol. The van der Waals surface area contributed by atoms with E-state index in [-0.39, 0.29) is 4.90 Å². The molecular weight excluding hydrogens is 236 g/mol. The zero-order valence-corrected chi connectivity index (χ0v) is 11.3. The maximum absolute atomic E-state index is 11.4. The fraction of sp³-hybridized carbons (Fsp3) is 0.538. The maximum atomic E-state index is 11.4. The Kier molecular flexibility index (Phi) is 5.65. The van der Waals surface area contributed by atoms with Crippen LogP contribution >= 0.6 is 0 Å². The first kappa shape index (κ1) is 14.2. The maximum Gasteiger partial charge on any atom is 0.296 e. The van der Waals surface area contributed by atoms with E-state index in [4.69, 9.17) is 0 Å². The van der Waals surface area contributed by atoms with Crippen LogP contribution in [0.3, 0.4) is 0 Å².